The molecule has 0 fully saturated rings. The van der Waals surface area contributed by atoms with Gasteiger partial charge in [-0.05, 0) is 85.5 Å². The lowest BCUT2D eigenvalue weighted by Crippen LogP contribution is -2.20. The second-order valence-electron chi connectivity index (χ2n) is 6.81. The summed E-state index contributed by atoms with van der Waals surface area (Å²) in [4.78, 5) is 12.2. The minimum absolute atomic E-state index is 0.0894. The van der Waals surface area contributed by atoms with Gasteiger partial charge in [0.2, 0.25) is 5.82 Å². The maximum Gasteiger partial charge on any atom is 0.263 e. The van der Waals surface area contributed by atoms with E-state index in [1.807, 2.05) is 70.2 Å². The van der Waals surface area contributed by atoms with E-state index in [4.69, 9.17) is 14.1 Å². The van der Waals surface area contributed by atoms with Gasteiger partial charge in [-0.2, -0.15) is 0 Å². The molecule has 1 heterocycles. The molecule has 1 amide bonds. The lowest BCUT2D eigenvalue weighted by Gasteiger charge is -2.10. The van der Waals surface area contributed by atoms with Crippen molar-refractivity contribution in [1.82, 2.24) is 10.3 Å². The first-order valence-electron chi connectivity index (χ1n) is 9.01. The minimum atomic E-state index is -0.351. The van der Waals surface area contributed by atoms with Crippen molar-refractivity contribution in [2.24, 2.45) is 0 Å². The Kier molecular flexibility index (Phi) is 5.93. The summed E-state index contributed by atoms with van der Waals surface area (Å²) in [5.41, 5.74) is 3.34. The van der Waals surface area contributed by atoms with Gasteiger partial charge in [0.15, 0.2) is 12.3 Å². The molecule has 0 atom stereocenters. The molecular weight excluding hydrogens is 358 g/mol. The maximum absolute atomic E-state index is 12.2. The molecule has 7 nitrogen and oxygen atoms in total. The lowest BCUT2D eigenvalue weighted by molar-refractivity contribution is -0.118. The van der Waals surface area contributed by atoms with Crippen molar-refractivity contribution in [3.8, 4) is 22.8 Å². The highest BCUT2D eigenvalue weighted by Crippen LogP contribution is 2.26. The number of rotatable bonds is 7. The van der Waals surface area contributed by atoms with E-state index in [1.165, 1.54) is 0 Å². The van der Waals surface area contributed by atoms with Crippen LogP contribution < -0.4 is 14.8 Å². The smallest absolute Gasteiger partial charge is 0.263 e. The van der Waals surface area contributed by atoms with Crippen molar-refractivity contribution in [1.29, 1.82) is 0 Å². The molecule has 0 radical (unpaired) electrons. The van der Waals surface area contributed by atoms with E-state index < -0.39 is 0 Å². The Morgan fingerprint density at radius 2 is 1.71 bits per heavy atom. The predicted molar refractivity (Wildman–Crippen MR) is 106 cm³/mol. The van der Waals surface area contributed by atoms with Crippen LogP contribution in [0.25, 0.3) is 11.3 Å². The molecule has 7 heteroatoms. The van der Waals surface area contributed by atoms with Crippen LogP contribution in [0.5, 0.6) is 11.5 Å². The number of aryl methyl sites for hydroxylation is 2. The Labute approximate surface area is 163 Å². The van der Waals surface area contributed by atoms with Crippen molar-refractivity contribution < 1.29 is 18.9 Å². The summed E-state index contributed by atoms with van der Waals surface area (Å²) in [5, 5.41) is 10.3. The van der Waals surface area contributed by atoms with Gasteiger partial charge in [-0.25, -0.2) is 4.63 Å². The molecule has 28 heavy (non-hydrogen) atoms. The van der Waals surface area contributed by atoms with Crippen LogP contribution in [0.1, 0.15) is 25.0 Å². The highest BCUT2D eigenvalue weighted by atomic mass is 16.6. The molecule has 0 unspecified atom stereocenters. The second-order valence-corrected chi connectivity index (χ2v) is 6.81. The van der Waals surface area contributed by atoms with Gasteiger partial charge in [-0.15, -0.1) is 0 Å². The van der Waals surface area contributed by atoms with Crippen LogP contribution in [0.2, 0.25) is 0 Å². The molecule has 3 aromatic rings. The zero-order valence-corrected chi connectivity index (χ0v) is 16.4. The summed E-state index contributed by atoms with van der Waals surface area (Å²) in [7, 11) is 0. The number of anilines is 1. The van der Waals surface area contributed by atoms with Crippen LogP contribution in [-0.4, -0.2) is 28.9 Å². The van der Waals surface area contributed by atoms with E-state index in [0.717, 1.165) is 22.4 Å². The summed E-state index contributed by atoms with van der Waals surface area (Å²) in [6, 6.07) is 13.1. The number of nitrogens with zero attached hydrogens (tertiary/aromatic N) is 2. The van der Waals surface area contributed by atoms with Gasteiger partial charge in [0.05, 0.1) is 6.10 Å². The highest BCUT2D eigenvalue weighted by Gasteiger charge is 2.16. The zero-order valence-electron chi connectivity index (χ0n) is 16.4. The quantitative estimate of drug-likeness (QED) is 0.661. The van der Waals surface area contributed by atoms with E-state index in [2.05, 4.69) is 15.6 Å². The molecule has 0 aliphatic carbocycles. The third-order valence-corrected chi connectivity index (χ3v) is 3.81. The molecule has 0 bridgehead atoms. The first kappa shape index (κ1) is 19.4. The summed E-state index contributed by atoms with van der Waals surface area (Å²) in [6.07, 6.45) is 0.0894. The molecule has 3 rings (SSSR count). The fraction of sp³-hybridized carbons (Fsp3) is 0.286. The number of amides is 1. The van der Waals surface area contributed by atoms with E-state index in [-0.39, 0.29) is 24.4 Å². The number of aromatic nitrogens is 2. The Bertz CT molecular complexity index is 928. The highest BCUT2D eigenvalue weighted by molar-refractivity contribution is 5.94. The molecule has 146 valence electrons. The molecule has 0 spiro atoms. The molecule has 1 N–H and O–H groups in total. The number of ether oxygens (including phenoxy) is 2. The number of hydrogen-bond donors (Lipinski definition) is 1. The fourth-order valence-corrected chi connectivity index (χ4v) is 2.76. The van der Waals surface area contributed by atoms with E-state index in [1.54, 1.807) is 0 Å². The van der Waals surface area contributed by atoms with Gasteiger partial charge in [-0.1, -0.05) is 6.07 Å². The predicted octanol–water partition coefficient (Wildman–Crippen LogP) is 4.16. The third kappa shape index (κ3) is 5.09. The van der Waals surface area contributed by atoms with E-state index in [9.17, 15) is 4.79 Å². The average Bonchev–Trinajstić information content (AvgIpc) is 3.07. The molecule has 0 aliphatic rings. The molecule has 1 aromatic heterocycles. The average molecular weight is 381 g/mol. The Morgan fingerprint density at radius 1 is 1.04 bits per heavy atom. The summed E-state index contributed by atoms with van der Waals surface area (Å²) >= 11 is 0. The van der Waals surface area contributed by atoms with Crippen molar-refractivity contribution in [3.05, 3.63) is 53.6 Å². The monoisotopic (exact) mass is 381 g/mol. The van der Waals surface area contributed by atoms with E-state index in [0.29, 0.717) is 11.4 Å². The lowest BCUT2D eigenvalue weighted by atomic mass is 10.1. The molecule has 0 saturated heterocycles. The van der Waals surface area contributed by atoms with Crippen LogP contribution in [-0.2, 0) is 4.79 Å². The molecule has 2 aromatic carbocycles. The standard InChI is InChI=1S/C21H23N3O4/c1-13(2)27-17-7-5-16(6-8-17)20-21(24-28-23-20)22-19(25)12-26-18-10-14(3)9-15(4)11-18/h5-11,13H,12H2,1-4H3,(H,22,24,25). The topological polar surface area (TPSA) is 86.5 Å². The van der Waals surface area contributed by atoms with Crippen molar-refractivity contribution in [2.45, 2.75) is 33.8 Å². The van der Waals surface area contributed by atoms with Crippen LogP contribution in [0.15, 0.2) is 47.1 Å². The van der Waals surface area contributed by atoms with Crippen molar-refractivity contribution in [3.63, 3.8) is 0 Å². The van der Waals surface area contributed by atoms with Gasteiger partial charge < -0.3 is 14.8 Å². The van der Waals surface area contributed by atoms with Crippen molar-refractivity contribution in [2.75, 3.05) is 11.9 Å². The molecule has 0 saturated carbocycles. The summed E-state index contributed by atoms with van der Waals surface area (Å²) < 4.78 is 16.0. The first-order chi connectivity index (χ1) is 13.4. The fourth-order valence-electron chi connectivity index (χ4n) is 2.76. The van der Waals surface area contributed by atoms with Gasteiger partial charge in [0.25, 0.3) is 5.91 Å². The van der Waals surface area contributed by atoms with Gasteiger partial charge in [0, 0.05) is 5.56 Å². The number of carbonyl (C=O) groups excluding carboxylic acids is 1. The Balaban J connectivity index is 1.64. The van der Waals surface area contributed by atoms with Crippen LogP contribution >= 0.6 is 0 Å². The van der Waals surface area contributed by atoms with Gasteiger partial charge in [0.1, 0.15) is 11.5 Å². The Morgan fingerprint density at radius 3 is 2.36 bits per heavy atom. The van der Waals surface area contributed by atoms with Crippen LogP contribution in [0.4, 0.5) is 5.82 Å². The summed E-state index contributed by atoms with van der Waals surface area (Å²) in [6.45, 7) is 7.73. The maximum atomic E-state index is 12.2. The number of carbonyl (C=O) groups is 1. The van der Waals surface area contributed by atoms with Crippen LogP contribution in [0.3, 0.4) is 0 Å². The molecular formula is C21H23N3O4. The number of benzene rings is 2. The SMILES string of the molecule is Cc1cc(C)cc(OCC(=O)Nc2nonc2-c2ccc(OC(C)C)cc2)c1. The van der Waals surface area contributed by atoms with Crippen molar-refractivity contribution >= 4 is 11.7 Å². The number of nitrogens with one attached hydrogen (secondary N) is 1. The first-order valence-corrected chi connectivity index (χ1v) is 9.01. The second kappa shape index (κ2) is 8.56. The van der Waals surface area contributed by atoms with E-state index >= 15 is 0 Å². The van der Waals surface area contributed by atoms with Gasteiger partial charge >= 0.3 is 0 Å². The molecule has 0 aliphatic heterocycles. The number of hydrogen-bond acceptors (Lipinski definition) is 6. The summed E-state index contributed by atoms with van der Waals surface area (Å²) in [5.74, 6) is 1.29. The largest absolute Gasteiger partial charge is 0.491 e. The third-order valence-electron chi connectivity index (χ3n) is 3.81. The zero-order chi connectivity index (χ0) is 20.1. The minimum Gasteiger partial charge on any atom is -0.491 e. The normalized spacial score (nSPS) is 10.8. The van der Waals surface area contributed by atoms with Crippen LogP contribution in [0, 0.1) is 13.8 Å². The van der Waals surface area contributed by atoms with Gasteiger partial charge in [-0.3, -0.25) is 4.79 Å². The Hall–Kier alpha value is -3.35.